The number of primary amides is 1. The summed E-state index contributed by atoms with van der Waals surface area (Å²) in [5.74, 6) is -3.71. The number of nitrogens with two attached hydrogens (primary N) is 2. The molecule has 1 saturated heterocycles. The van der Waals surface area contributed by atoms with Gasteiger partial charge < -0.3 is 37.8 Å². The van der Waals surface area contributed by atoms with Gasteiger partial charge in [0.25, 0.3) is 0 Å². The van der Waals surface area contributed by atoms with E-state index in [9.17, 15) is 29.1 Å². The minimum absolute atomic E-state index is 0.104. The van der Waals surface area contributed by atoms with E-state index in [-0.39, 0.29) is 37.1 Å². The zero-order valence-electron chi connectivity index (χ0n) is 20.1. The highest BCUT2D eigenvalue weighted by molar-refractivity contribution is 5.94. The quantitative estimate of drug-likeness (QED) is 0.131. The molecule has 0 bridgehead atoms. The molecular weight excluding hydrogens is 444 g/mol. The number of nitrogens with one attached hydrogen (secondary N) is 4. The Morgan fingerprint density at radius 3 is 2.24 bits per heavy atom. The van der Waals surface area contributed by atoms with E-state index in [1.807, 2.05) is 13.8 Å². The van der Waals surface area contributed by atoms with Crippen LogP contribution in [0.15, 0.2) is 0 Å². The Bertz CT molecular complexity index is 712. The van der Waals surface area contributed by atoms with Crippen molar-refractivity contribution in [2.45, 2.75) is 89.4 Å². The van der Waals surface area contributed by atoms with Gasteiger partial charge in [-0.25, -0.2) is 4.79 Å². The SMILES string of the molecule is CCC(C)C(NC(=O)C1CCCN1)C(=O)NC(CCC(N)=O)C(=O)NC(CCCCN)C(=O)O. The maximum Gasteiger partial charge on any atom is 0.326 e. The lowest BCUT2D eigenvalue weighted by Crippen LogP contribution is -2.58. The van der Waals surface area contributed by atoms with Gasteiger partial charge >= 0.3 is 5.97 Å². The van der Waals surface area contributed by atoms with Crippen molar-refractivity contribution in [2.75, 3.05) is 13.1 Å². The summed E-state index contributed by atoms with van der Waals surface area (Å²) in [5, 5.41) is 20.3. The van der Waals surface area contributed by atoms with Crippen molar-refractivity contribution in [3.05, 3.63) is 0 Å². The van der Waals surface area contributed by atoms with Gasteiger partial charge in [-0.2, -0.15) is 0 Å². The second-order valence-corrected chi connectivity index (χ2v) is 8.77. The van der Waals surface area contributed by atoms with E-state index in [0.29, 0.717) is 32.2 Å². The van der Waals surface area contributed by atoms with E-state index < -0.39 is 41.8 Å². The van der Waals surface area contributed by atoms with Gasteiger partial charge in [-0.05, 0) is 57.5 Å². The van der Waals surface area contributed by atoms with Crippen LogP contribution < -0.4 is 32.7 Å². The fraction of sp³-hybridized carbons (Fsp3) is 0.773. The Morgan fingerprint density at radius 2 is 1.71 bits per heavy atom. The molecule has 5 atom stereocenters. The Hall–Kier alpha value is -2.73. The number of carbonyl (C=O) groups is 5. The molecule has 34 heavy (non-hydrogen) atoms. The average molecular weight is 485 g/mol. The number of unbranched alkanes of at least 4 members (excludes halogenated alkanes) is 1. The van der Waals surface area contributed by atoms with Crippen LogP contribution in [0.4, 0.5) is 0 Å². The summed E-state index contributed by atoms with van der Waals surface area (Å²) >= 11 is 0. The van der Waals surface area contributed by atoms with Gasteiger partial charge in [0.05, 0.1) is 6.04 Å². The summed E-state index contributed by atoms with van der Waals surface area (Å²) in [7, 11) is 0. The van der Waals surface area contributed by atoms with Crippen molar-refractivity contribution >= 4 is 29.6 Å². The molecule has 0 aromatic carbocycles. The first kappa shape index (κ1) is 29.3. The standard InChI is InChI=1S/C22H40N6O6/c1-3-13(2)18(28-19(30)14-8-6-12-25-14)21(32)26-15(9-10-17(24)29)20(31)27-16(22(33)34)7-4-5-11-23/h13-16,18,25H,3-12,23H2,1-2H3,(H2,24,29)(H,26,32)(H,27,31)(H,28,30)(H,33,34). The number of aliphatic carboxylic acids is 1. The van der Waals surface area contributed by atoms with Crippen LogP contribution in [0.5, 0.6) is 0 Å². The highest BCUT2D eigenvalue weighted by atomic mass is 16.4. The third kappa shape index (κ3) is 10.0. The first-order chi connectivity index (χ1) is 16.1. The smallest absolute Gasteiger partial charge is 0.326 e. The van der Waals surface area contributed by atoms with Gasteiger partial charge in [-0.1, -0.05) is 20.3 Å². The second-order valence-electron chi connectivity index (χ2n) is 8.77. The maximum absolute atomic E-state index is 13.1. The highest BCUT2D eigenvalue weighted by Gasteiger charge is 2.33. The van der Waals surface area contributed by atoms with Gasteiger partial charge in [-0.15, -0.1) is 0 Å². The summed E-state index contributed by atoms with van der Waals surface area (Å²) in [6.45, 7) is 4.81. The number of carbonyl (C=O) groups excluding carboxylic acids is 4. The van der Waals surface area contributed by atoms with Gasteiger partial charge in [0, 0.05) is 6.42 Å². The van der Waals surface area contributed by atoms with Crippen LogP contribution in [0.1, 0.15) is 65.2 Å². The number of carboxylic acids is 1. The minimum Gasteiger partial charge on any atom is -0.480 e. The van der Waals surface area contributed by atoms with E-state index in [1.165, 1.54) is 0 Å². The van der Waals surface area contributed by atoms with Crippen molar-refractivity contribution in [3.63, 3.8) is 0 Å². The van der Waals surface area contributed by atoms with Gasteiger partial charge in [0.15, 0.2) is 0 Å². The Balaban J connectivity index is 2.94. The summed E-state index contributed by atoms with van der Waals surface area (Å²) < 4.78 is 0. The predicted molar refractivity (Wildman–Crippen MR) is 125 cm³/mol. The lowest BCUT2D eigenvalue weighted by molar-refractivity contribution is -0.142. The summed E-state index contributed by atoms with van der Waals surface area (Å²) in [6.07, 6.45) is 3.13. The van der Waals surface area contributed by atoms with Gasteiger partial charge in [0.1, 0.15) is 18.1 Å². The Kier molecular flexibility index (Phi) is 13.1. The van der Waals surface area contributed by atoms with E-state index >= 15 is 0 Å². The molecule has 12 heteroatoms. The first-order valence-corrected chi connectivity index (χ1v) is 12.0. The van der Waals surface area contributed by atoms with E-state index in [1.54, 1.807) is 0 Å². The molecule has 1 rings (SSSR count). The molecule has 0 aromatic heterocycles. The summed E-state index contributed by atoms with van der Waals surface area (Å²) in [4.78, 5) is 61.4. The lowest BCUT2D eigenvalue weighted by atomic mass is 9.97. The average Bonchev–Trinajstić information content (AvgIpc) is 3.33. The molecule has 0 aromatic rings. The monoisotopic (exact) mass is 484 g/mol. The fourth-order valence-corrected chi connectivity index (χ4v) is 3.70. The van der Waals surface area contributed by atoms with Crippen molar-refractivity contribution in [3.8, 4) is 0 Å². The number of hydrogen-bond acceptors (Lipinski definition) is 7. The lowest BCUT2D eigenvalue weighted by Gasteiger charge is -2.28. The molecule has 4 amide bonds. The summed E-state index contributed by atoms with van der Waals surface area (Å²) in [6, 6.07) is -3.63. The molecule has 12 nitrogen and oxygen atoms in total. The van der Waals surface area contributed by atoms with Crippen LogP contribution in [0.2, 0.25) is 0 Å². The molecule has 0 saturated carbocycles. The number of carboxylic acid groups (broad SMARTS) is 1. The summed E-state index contributed by atoms with van der Waals surface area (Å²) in [5.41, 5.74) is 10.7. The van der Waals surface area contributed by atoms with Crippen LogP contribution in [0, 0.1) is 5.92 Å². The van der Waals surface area contributed by atoms with Gasteiger partial charge in [0.2, 0.25) is 23.6 Å². The maximum atomic E-state index is 13.1. The molecule has 0 radical (unpaired) electrons. The van der Waals surface area contributed by atoms with Crippen LogP contribution in [0.3, 0.4) is 0 Å². The van der Waals surface area contributed by atoms with E-state index in [2.05, 4.69) is 21.3 Å². The number of rotatable bonds is 16. The van der Waals surface area contributed by atoms with Crippen molar-refractivity contribution in [1.29, 1.82) is 0 Å². The third-order valence-electron chi connectivity index (χ3n) is 6.04. The Morgan fingerprint density at radius 1 is 1.03 bits per heavy atom. The minimum atomic E-state index is -1.21. The van der Waals surface area contributed by atoms with Crippen LogP contribution in [0.25, 0.3) is 0 Å². The normalized spacial score (nSPS) is 18.9. The molecule has 0 spiro atoms. The molecule has 5 unspecified atom stereocenters. The molecule has 0 aliphatic carbocycles. The second kappa shape index (κ2) is 15.2. The number of hydrogen-bond donors (Lipinski definition) is 7. The largest absolute Gasteiger partial charge is 0.480 e. The van der Waals surface area contributed by atoms with Crippen molar-refractivity contribution in [2.24, 2.45) is 17.4 Å². The van der Waals surface area contributed by atoms with Crippen LogP contribution in [-0.4, -0.2) is 72.0 Å². The molecule has 9 N–H and O–H groups in total. The fourth-order valence-electron chi connectivity index (χ4n) is 3.70. The van der Waals surface area contributed by atoms with Gasteiger partial charge in [-0.3, -0.25) is 19.2 Å². The molecular formula is C22H40N6O6. The molecule has 1 heterocycles. The molecule has 1 aliphatic heterocycles. The topological polar surface area (TPSA) is 206 Å². The van der Waals surface area contributed by atoms with Crippen molar-refractivity contribution < 1.29 is 29.1 Å². The molecule has 1 aliphatic rings. The van der Waals surface area contributed by atoms with E-state index in [0.717, 1.165) is 13.0 Å². The van der Waals surface area contributed by atoms with E-state index in [4.69, 9.17) is 11.5 Å². The number of amides is 4. The van der Waals surface area contributed by atoms with Crippen LogP contribution in [-0.2, 0) is 24.0 Å². The van der Waals surface area contributed by atoms with Crippen molar-refractivity contribution in [1.82, 2.24) is 21.3 Å². The Labute approximate surface area is 200 Å². The van der Waals surface area contributed by atoms with Crippen LogP contribution >= 0.6 is 0 Å². The zero-order valence-corrected chi connectivity index (χ0v) is 20.1. The zero-order chi connectivity index (χ0) is 25.7. The molecule has 194 valence electrons. The highest BCUT2D eigenvalue weighted by Crippen LogP contribution is 2.12. The molecule has 1 fully saturated rings. The third-order valence-corrected chi connectivity index (χ3v) is 6.04. The predicted octanol–water partition coefficient (Wildman–Crippen LogP) is -1.28. The first-order valence-electron chi connectivity index (χ1n) is 12.0.